The van der Waals surface area contributed by atoms with Crippen LogP contribution in [0.15, 0.2) is 60.9 Å². The van der Waals surface area contributed by atoms with Gasteiger partial charge in [-0.3, -0.25) is 19.2 Å². The summed E-state index contributed by atoms with van der Waals surface area (Å²) in [6.45, 7) is 1.10. The Kier molecular flexibility index (Phi) is 16.9. The number of rotatable bonds is 17. The Hall–Kier alpha value is -4.86. The van der Waals surface area contributed by atoms with Gasteiger partial charge in [0, 0.05) is 12.1 Å². The van der Waals surface area contributed by atoms with Crippen molar-refractivity contribution in [2.45, 2.75) is 6.92 Å². The third-order valence-electron chi connectivity index (χ3n) is 7.10. The lowest BCUT2D eigenvalue weighted by Gasteiger charge is -2.27. The zero-order valence-corrected chi connectivity index (χ0v) is 30.6. The zero-order chi connectivity index (χ0) is 35.1. The molecule has 0 bridgehead atoms. The first-order valence-corrected chi connectivity index (χ1v) is 15.0. The molecule has 0 amide bonds. The second kappa shape index (κ2) is 20.5. The fourth-order valence-corrected chi connectivity index (χ4v) is 4.61. The SMILES string of the molecule is COC(=O)CN(CC(=O)OC)c1ccc(/C=C/c2cc[n+](C)cc2)cc1OCCOc1cccc(C)c1N(CC(=O)OC)CC(=O)OC.[I-]. The molecular weight excluding hydrogens is 749 g/mol. The summed E-state index contributed by atoms with van der Waals surface area (Å²) in [4.78, 5) is 52.0. The van der Waals surface area contributed by atoms with E-state index < -0.39 is 23.9 Å². The molecule has 0 saturated heterocycles. The van der Waals surface area contributed by atoms with Crippen LogP contribution >= 0.6 is 0 Å². The van der Waals surface area contributed by atoms with Gasteiger partial charge in [0.25, 0.3) is 0 Å². The summed E-state index contributed by atoms with van der Waals surface area (Å²) >= 11 is 0. The van der Waals surface area contributed by atoms with Crippen LogP contribution in [0, 0.1) is 6.92 Å². The van der Waals surface area contributed by atoms with Crippen molar-refractivity contribution < 1.29 is 76.1 Å². The molecule has 2 aromatic carbocycles. The third kappa shape index (κ3) is 12.6. The van der Waals surface area contributed by atoms with Crippen molar-refractivity contribution in [3.05, 3.63) is 77.6 Å². The second-order valence-corrected chi connectivity index (χ2v) is 10.5. The Balaban J connectivity index is 0.00000833. The predicted molar refractivity (Wildman–Crippen MR) is 178 cm³/mol. The van der Waals surface area contributed by atoms with Crippen LogP contribution in [0.1, 0.15) is 16.7 Å². The first kappa shape index (κ1) is 40.3. The molecule has 0 unspecified atom stereocenters. The van der Waals surface area contributed by atoms with Gasteiger partial charge in [-0.15, -0.1) is 0 Å². The zero-order valence-electron chi connectivity index (χ0n) is 28.5. The van der Waals surface area contributed by atoms with Gasteiger partial charge in [-0.1, -0.05) is 30.4 Å². The molecule has 1 aromatic heterocycles. The standard InChI is InChI=1S/C35H42N3O10.HI/c1-25-8-7-9-29(35(25)38(23-33(41)45-5)24-34(42)46-6)47-18-19-48-30-20-27(11-10-26-14-16-36(2)17-15-26)12-13-28(30)37(21-31(39)43-3)22-32(40)44-4;/h7-17,20H,18-19,21-24H2,1-6H3;1H/q+1;/p-1. The molecule has 3 aromatic rings. The molecule has 1 heterocycles. The fourth-order valence-electron chi connectivity index (χ4n) is 4.61. The molecule has 3 rings (SSSR count). The molecular formula is C35H42IN3O10. The van der Waals surface area contributed by atoms with Gasteiger partial charge in [-0.2, -0.15) is 0 Å². The number of hydrogen-bond acceptors (Lipinski definition) is 12. The van der Waals surface area contributed by atoms with Crippen molar-refractivity contribution in [1.29, 1.82) is 0 Å². The highest BCUT2D eigenvalue weighted by atomic mass is 127. The molecule has 264 valence electrons. The van der Waals surface area contributed by atoms with E-state index in [1.807, 2.05) is 67.3 Å². The molecule has 0 radical (unpaired) electrons. The molecule has 0 fully saturated rings. The predicted octanol–water partition coefficient (Wildman–Crippen LogP) is -0.243. The number of pyridine rings is 1. The number of methoxy groups -OCH3 is 4. The molecule has 0 saturated carbocycles. The summed E-state index contributed by atoms with van der Waals surface area (Å²) in [5.74, 6) is -1.38. The number of aromatic nitrogens is 1. The molecule has 0 aliphatic carbocycles. The van der Waals surface area contributed by atoms with Crippen molar-refractivity contribution in [2.75, 3.05) is 77.6 Å². The van der Waals surface area contributed by atoms with Crippen LogP contribution in [0.3, 0.4) is 0 Å². The van der Waals surface area contributed by atoms with Crippen molar-refractivity contribution in [3.8, 4) is 11.5 Å². The van der Waals surface area contributed by atoms with Crippen LogP contribution in [0.25, 0.3) is 12.2 Å². The van der Waals surface area contributed by atoms with E-state index in [4.69, 9.17) is 28.4 Å². The molecule has 0 spiro atoms. The van der Waals surface area contributed by atoms with Crippen LogP contribution in [-0.4, -0.2) is 91.7 Å². The van der Waals surface area contributed by atoms with Gasteiger partial charge in [0.1, 0.15) is 57.9 Å². The number of esters is 4. The second-order valence-electron chi connectivity index (χ2n) is 10.5. The number of benzene rings is 2. The highest BCUT2D eigenvalue weighted by molar-refractivity contribution is 5.84. The molecule has 49 heavy (non-hydrogen) atoms. The number of para-hydroxylation sites is 1. The highest BCUT2D eigenvalue weighted by Gasteiger charge is 2.23. The summed E-state index contributed by atoms with van der Waals surface area (Å²) in [7, 11) is 7.01. The van der Waals surface area contributed by atoms with Gasteiger partial charge < -0.3 is 62.2 Å². The highest BCUT2D eigenvalue weighted by Crippen LogP contribution is 2.33. The maximum Gasteiger partial charge on any atom is 0.325 e. The number of carbonyl (C=O) groups is 4. The van der Waals surface area contributed by atoms with E-state index in [1.165, 1.54) is 38.2 Å². The summed E-state index contributed by atoms with van der Waals surface area (Å²) < 4.78 is 33.6. The van der Waals surface area contributed by atoms with Crippen molar-refractivity contribution in [2.24, 2.45) is 7.05 Å². The van der Waals surface area contributed by atoms with Gasteiger partial charge in [0.2, 0.25) is 0 Å². The lowest BCUT2D eigenvalue weighted by atomic mass is 10.1. The van der Waals surface area contributed by atoms with Gasteiger partial charge in [-0.05, 0) is 41.8 Å². The van der Waals surface area contributed by atoms with E-state index in [2.05, 4.69) is 0 Å². The average molecular weight is 792 g/mol. The van der Waals surface area contributed by atoms with E-state index in [0.29, 0.717) is 22.9 Å². The fraction of sp³-hybridized carbons (Fsp3) is 0.343. The van der Waals surface area contributed by atoms with E-state index in [1.54, 1.807) is 24.3 Å². The maximum absolute atomic E-state index is 12.3. The van der Waals surface area contributed by atoms with Crippen molar-refractivity contribution in [1.82, 2.24) is 0 Å². The van der Waals surface area contributed by atoms with Gasteiger partial charge in [-0.25, -0.2) is 4.57 Å². The Labute approximate surface area is 303 Å². The summed E-state index contributed by atoms with van der Waals surface area (Å²) in [5, 5.41) is 0. The smallest absolute Gasteiger partial charge is 0.325 e. The topological polar surface area (TPSA) is 134 Å². The van der Waals surface area contributed by atoms with Gasteiger partial charge >= 0.3 is 23.9 Å². The molecule has 0 atom stereocenters. The minimum Gasteiger partial charge on any atom is -1.00 e. The molecule has 0 aliphatic rings. The molecule has 0 aliphatic heterocycles. The normalized spacial score (nSPS) is 10.4. The van der Waals surface area contributed by atoms with Gasteiger partial charge in [0.15, 0.2) is 12.4 Å². The van der Waals surface area contributed by atoms with E-state index in [9.17, 15) is 19.2 Å². The quantitative estimate of drug-likeness (QED) is 0.0588. The Morgan fingerprint density at radius 1 is 0.653 bits per heavy atom. The Morgan fingerprint density at radius 3 is 1.67 bits per heavy atom. The minimum atomic E-state index is -0.551. The van der Waals surface area contributed by atoms with E-state index in [-0.39, 0.29) is 63.4 Å². The van der Waals surface area contributed by atoms with Gasteiger partial charge in [0.05, 0.1) is 39.8 Å². The lowest BCUT2D eigenvalue weighted by molar-refractivity contribution is -0.671. The first-order valence-electron chi connectivity index (χ1n) is 15.0. The van der Waals surface area contributed by atoms with Crippen LogP contribution < -0.4 is 47.8 Å². The molecule has 0 N–H and O–H groups in total. The van der Waals surface area contributed by atoms with Crippen LogP contribution in [-0.2, 0) is 45.2 Å². The number of anilines is 2. The summed E-state index contributed by atoms with van der Waals surface area (Å²) in [6, 6.07) is 14.7. The number of carbonyl (C=O) groups excluding carboxylic acids is 4. The molecule has 13 nitrogen and oxygen atoms in total. The summed E-state index contributed by atoms with van der Waals surface area (Å²) in [5.41, 5.74) is 3.55. The van der Waals surface area contributed by atoms with E-state index in [0.717, 1.165) is 16.7 Å². The monoisotopic (exact) mass is 791 g/mol. The summed E-state index contributed by atoms with van der Waals surface area (Å²) in [6.07, 6.45) is 7.76. The average Bonchev–Trinajstić information content (AvgIpc) is 3.09. The van der Waals surface area contributed by atoms with Crippen LogP contribution in [0.5, 0.6) is 11.5 Å². The first-order chi connectivity index (χ1) is 23.1. The lowest BCUT2D eigenvalue weighted by Crippen LogP contribution is -3.00. The third-order valence-corrected chi connectivity index (χ3v) is 7.10. The van der Waals surface area contributed by atoms with Crippen molar-refractivity contribution >= 4 is 47.4 Å². The molecule has 14 heteroatoms. The number of hydrogen-bond donors (Lipinski definition) is 0. The maximum atomic E-state index is 12.3. The largest absolute Gasteiger partial charge is 1.00 e. The van der Waals surface area contributed by atoms with Crippen LogP contribution in [0.2, 0.25) is 0 Å². The number of aryl methyl sites for hydroxylation is 2. The number of nitrogens with zero attached hydrogens (tertiary/aromatic N) is 3. The van der Waals surface area contributed by atoms with E-state index >= 15 is 0 Å². The Morgan fingerprint density at radius 2 is 1.14 bits per heavy atom. The minimum absolute atomic E-state index is 0. The number of ether oxygens (including phenoxy) is 6. The van der Waals surface area contributed by atoms with Crippen LogP contribution in [0.4, 0.5) is 11.4 Å². The Bertz CT molecular complexity index is 1560. The number of halogens is 1. The van der Waals surface area contributed by atoms with Crippen molar-refractivity contribution in [3.63, 3.8) is 0 Å².